The number of aromatic nitrogens is 1. The maximum atomic E-state index is 13.7. The minimum absolute atomic E-state index is 0.178. The quantitative estimate of drug-likeness (QED) is 0.769. The largest absolute Gasteiger partial charge is 0.380 e. The Hall–Kier alpha value is -2.69. The average molecular weight is 286 g/mol. The van der Waals surface area contributed by atoms with Gasteiger partial charge in [0.1, 0.15) is 11.6 Å². The normalized spacial score (nSPS) is 10.8. The van der Waals surface area contributed by atoms with Gasteiger partial charge in [-0.15, -0.1) is 0 Å². The van der Waals surface area contributed by atoms with Crippen molar-refractivity contribution in [3.05, 3.63) is 59.7 Å². The molecule has 1 aromatic heterocycles. The minimum atomic E-state index is -0.350. The monoisotopic (exact) mass is 286 g/mol. The van der Waals surface area contributed by atoms with Gasteiger partial charge in [-0.25, -0.2) is 8.78 Å². The van der Waals surface area contributed by atoms with Crippen molar-refractivity contribution >= 4 is 5.82 Å². The molecule has 21 heavy (non-hydrogen) atoms. The van der Waals surface area contributed by atoms with E-state index in [1.807, 2.05) is 0 Å². The highest BCUT2D eigenvalue weighted by atomic mass is 19.1. The third-order valence-electron chi connectivity index (χ3n) is 3.29. The number of nitrogen functional groups attached to an aromatic ring is 1. The molecule has 0 atom stereocenters. The molecule has 3 nitrogen and oxygen atoms in total. The van der Waals surface area contributed by atoms with E-state index in [0.717, 1.165) is 0 Å². The van der Waals surface area contributed by atoms with E-state index < -0.39 is 0 Å². The van der Waals surface area contributed by atoms with Crippen LogP contribution in [0.2, 0.25) is 0 Å². The molecule has 3 aromatic rings. The molecule has 5 heteroatoms. The second kappa shape index (κ2) is 5.01. The van der Waals surface area contributed by atoms with Crippen molar-refractivity contribution in [1.29, 1.82) is 0 Å². The van der Waals surface area contributed by atoms with Gasteiger partial charge in [-0.3, -0.25) is 0 Å². The summed E-state index contributed by atoms with van der Waals surface area (Å²) < 4.78 is 32.0. The van der Waals surface area contributed by atoms with Crippen LogP contribution in [0.4, 0.5) is 14.6 Å². The molecule has 0 saturated heterocycles. The molecule has 0 spiro atoms. The van der Waals surface area contributed by atoms with Gasteiger partial charge in [-0.05, 0) is 36.2 Å². The molecule has 106 valence electrons. The molecular weight excluding hydrogens is 274 g/mol. The summed E-state index contributed by atoms with van der Waals surface area (Å²) in [5.41, 5.74) is 8.07. The molecule has 0 aliphatic heterocycles. The Labute approximate surface area is 120 Å². The van der Waals surface area contributed by atoms with Gasteiger partial charge in [0.25, 0.3) is 0 Å². The lowest BCUT2D eigenvalue weighted by atomic mass is 10.0. The zero-order chi connectivity index (χ0) is 15.0. The van der Waals surface area contributed by atoms with Crippen molar-refractivity contribution in [1.82, 2.24) is 5.16 Å². The summed E-state index contributed by atoms with van der Waals surface area (Å²) in [4.78, 5) is 0. The van der Waals surface area contributed by atoms with Gasteiger partial charge in [-0.2, -0.15) is 0 Å². The number of aryl methyl sites for hydroxylation is 1. The van der Waals surface area contributed by atoms with Crippen LogP contribution in [0.15, 0.2) is 47.0 Å². The predicted molar refractivity (Wildman–Crippen MR) is 76.4 cm³/mol. The lowest BCUT2D eigenvalue weighted by Gasteiger charge is -2.04. The van der Waals surface area contributed by atoms with Gasteiger partial charge in [0.05, 0.1) is 5.56 Å². The Morgan fingerprint density at radius 2 is 1.67 bits per heavy atom. The summed E-state index contributed by atoms with van der Waals surface area (Å²) in [5, 5.41) is 3.73. The van der Waals surface area contributed by atoms with Crippen LogP contribution >= 0.6 is 0 Å². The smallest absolute Gasteiger partial charge is 0.177 e. The zero-order valence-electron chi connectivity index (χ0n) is 11.2. The van der Waals surface area contributed by atoms with Crippen LogP contribution in [0.3, 0.4) is 0 Å². The van der Waals surface area contributed by atoms with Crippen LogP contribution in [-0.2, 0) is 0 Å². The Balaban J connectivity index is 2.16. The maximum absolute atomic E-state index is 13.7. The lowest BCUT2D eigenvalue weighted by molar-refractivity contribution is 0.435. The number of nitrogens with zero attached hydrogens (tertiary/aromatic N) is 1. The van der Waals surface area contributed by atoms with Gasteiger partial charge in [0.15, 0.2) is 11.6 Å². The molecule has 0 amide bonds. The first kappa shape index (κ1) is 13.3. The van der Waals surface area contributed by atoms with E-state index in [1.165, 1.54) is 18.2 Å². The number of halogens is 2. The van der Waals surface area contributed by atoms with Crippen molar-refractivity contribution < 1.29 is 13.3 Å². The summed E-state index contributed by atoms with van der Waals surface area (Å²) >= 11 is 0. The number of anilines is 1. The zero-order valence-corrected chi connectivity index (χ0v) is 11.2. The fourth-order valence-electron chi connectivity index (χ4n) is 2.13. The molecule has 0 fully saturated rings. The number of rotatable bonds is 2. The molecule has 0 aliphatic rings. The molecule has 0 radical (unpaired) electrons. The highest BCUT2D eigenvalue weighted by molar-refractivity contribution is 5.86. The number of hydrogen-bond acceptors (Lipinski definition) is 3. The van der Waals surface area contributed by atoms with Crippen molar-refractivity contribution in [3.63, 3.8) is 0 Å². The van der Waals surface area contributed by atoms with Gasteiger partial charge in [0.2, 0.25) is 0 Å². The van der Waals surface area contributed by atoms with Crippen LogP contribution in [0.5, 0.6) is 0 Å². The molecule has 3 rings (SSSR count). The van der Waals surface area contributed by atoms with Crippen LogP contribution in [0.1, 0.15) is 5.56 Å². The highest BCUT2D eigenvalue weighted by Crippen LogP contribution is 2.36. The van der Waals surface area contributed by atoms with Crippen LogP contribution in [0, 0.1) is 18.6 Å². The first-order valence-electron chi connectivity index (χ1n) is 6.34. The van der Waals surface area contributed by atoms with Gasteiger partial charge in [0, 0.05) is 5.56 Å². The van der Waals surface area contributed by atoms with Gasteiger partial charge < -0.3 is 10.3 Å². The molecule has 1 heterocycles. The Morgan fingerprint density at radius 3 is 2.33 bits per heavy atom. The Morgan fingerprint density at radius 1 is 1.00 bits per heavy atom. The van der Waals surface area contributed by atoms with E-state index in [1.54, 1.807) is 31.2 Å². The van der Waals surface area contributed by atoms with Crippen LogP contribution in [0.25, 0.3) is 22.5 Å². The molecule has 0 unspecified atom stereocenters. The van der Waals surface area contributed by atoms with Crippen molar-refractivity contribution in [2.75, 3.05) is 5.73 Å². The maximum Gasteiger partial charge on any atom is 0.177 e. The predicted octanol–water partition coefficient (Wildman–Crippen LogP) is 4.18. The molecular formula is C16H12F2N2O. The van der Waals surface area contributed by atoms with E-state index in [4.69, 9.17) is 10.3 Å². The van der Waals surface area contributed by atoms with Crippen molar-refractivity contribution in [2.45, 2.75) is 6.92 Å². The van der Waals surface area contributed by atoms with Gasteiger partial charge >= 0.3 is 0 Å². The molecule has 0 saturated carbocycles. The van der Waals surface area contributed by atoms with Gasteiger partial charge in [-0.1, -0.05) is 29.4 Å². The molecule has 0 aliphatic carbocycles. The van der Waals surface area contributed by atoms with E-state index in [-0.39, 0.29) is 17.5 Å². The topological polar surface area (TPSA) is 52.0 Å². The molecule has 0 bridgehead atoms. The second-order valence-electron chi connectivity index (χ2n) is 4.74. The van der Waals surface area contributed by atoms with Crippen LogP contribution in [-0.4, -0.2) is 5.16 Å². The third kappa shape index (κ3) is 2.38. The van der Waals surface area contributed by atoms with Crippen molar-refractivity contribution in [2.24, 2.45) is 0 Å². The summed E-state index contributed by atoms with van der Waals surface area (Å²) in [5.74, 6) is -0.153. The fraction of sp³-hybridized carbons (Fsp3) is 0.0625. The SMILES string of the molecule is Cc1ccc(-c2onc(N)c2-c2ccc(F)cc2)cc1F. The summed E-state index contributed by atoms with van der Waals surface area (Å²) in [6.07, 6.45) is 0. The van der Waals surface area contributed by atoms with Crippen LogP contribution < -0.4 is 5.73 Å². The summed E-state index contributed by atoms with van der Waals surface area (Å²) in [6.45, 7) is 1.68. The third-order valence-corrected chi connectivity index (χ3v) is 3.29. The first-order chi connectivity index (χ1) is 10.1. The Bertz CT molecular complexity index is 795. The standard InChI is InChI=1S/C16H12F2N2O/c1-9-2-3-11(8-13(9)18)15-14(16(19)20-21-15)10-4-6-12(17)7-5-10/h2-8H,1H3,(H2,19,20). The minimum Gasteiger partial charge on any atom is -0.380 e. The highest BCUT2D eigenvalue weighted by Gasteiger charge is 2.18. The second-order valence-corrected chi connectivity index (χ2v) is 4.74. The van der Waals surface area contributed by atoms with E-state index in [0.29, 0.717) is 28.0 Å². The summed E-state index contributed by atoms with van der Waals surface area (Å²) in [6, 6.07) is 10.5. The van der Waals surface area contributed by atoms with E-state index >= 15 is 0 Å². The first-order valence-corrected chi connectivity index (χ1v) is 6.34. The molecule has 2 N–H and O–H groups in total. The Kier molecular flexibility index (Phi) is 3.17. The van der Waals surface area contributed by atoms with E-state index in [2.05, 4.69) is 5.16 Å². The average Bonchev–Trinajstić information content (AvgIpc) is 2.85. The fourth-order valence-corrected chi connectivity index (χ4v) is 2.13. The number of benzene rings is 2. The summed E-state index contributed by atoms with van der Waals surface area (Å²) in [7, 11) is 0. The number of nitrogens with two attached hydrogens (primary N) is 1. The number of hydrogen-bond donors (Lipinski definition) is 1. The van der Waals surface area contributed by atoms with Crippen molar-refractivity contribution in [3.8, 4) is 22.5 Å². The van der Waals surface area contributed by atoms with E-state index in [9.17, 15) is 8.78 Å². The lowest BCUT2D eigenvalue weighted by Crippen LogP contribution is -1.90. The molecule has 2 aromatic carbocycles.